The van der Waals surface area contributed by atoms with Crippen LogP contribution in [0.4, 0.5) is 0 Å². The average Bonchev–Trinajstić information content (AvgIpc) is 2.60. The van der Waals surface area contributed by atoms with Crippen molar-refractivity contribution in [2.45, 2.75) is 38.2 Å². The van der Waals surface area contributed by atoms with Crippen molar-refractivity contribution in [1.29, 1.82) is 0 Å². The molecule has 3 atom stereocenters. The van der Waals surface area contributed by atoms with Crippen molar-refractivity contribution in [3.63, 3.8) is 0 Å². The van der Waals surface area contributed by atoms with Crippen LogP contribution in [0.2, 0.25) is 0 Å². The van der Waals surface area contributed by atoms with Crippen molar-refractivity contribution in [1.82, 2.24) is 0 Å². The first kappa shape index (κ1) is 8.83. The molecule has 0 saturated heterocycles. The van der Waals surface area contributed by atoms with Gasteiger partial charge in [-0.05, 0) is 38.5 Å². The van der Waals surface area contributed by atoms with Gasteiger partial charge in [-0.3, -0.25) is 0 Å². The molecule has 0 aromatic heterocycles. The molecule has 0 amide bonds. The summed E-state index contributed by atoms with van der Waals surface area (Å²) in [5.74, 6) is 1.65. The Kier molecular flexibility index (Phi) is 1.93. The van der Waals surface area contributed by atoms with Crippen molar-refractivity contribution in [2.24, 2.45) is 11.3 Å². The molecule has 0 N–H and O–H groups in total. The third kappa shape index (κ3) is 0.898. The average molecular weight is 189 g/mol. The minimum Gasteiger partial charge on any atom is -0.378 e. The highest BCUT2D eigenvalue weighted by Gasteiger charge is 2.59. The smallest absolute Gasteiger partial charge is 0.0720 e. The summed E-state index contributed by atoms with van der Waals surface area (Å²) in [5.41, 5.74) is 0.367. The normalized spacial score (nSPS) is 51.8. The summed E-state index contributed by atoms with van der Waals surface area (Å²) in [4.78, 5) is 0. The van der Waals surface area contributed by atoms with E-state index in [-0.39, 0.29) is 5.60 Å². The highest BCUT2D eigenvalue weighted by Crippen LogP contribution is 2.61. The second kappa shape index (κ2) is 2.62. The van der Waals surface area contributed by atoms with Crippen LogP contribution in [-0.4, -0.2) is 18.6 Å². The molecule has 0 radical (unpaired) electrons. The molecule has 12 heavy (non-hydrogen) atoms. The summed E-state index contributed by atoms with van der Waals surface area (Å²) >= 11 is 6.07. The Balaban J connectivity index is 2.28. The predicted molar refractivity (Wildman–Crippen MR) is 50.5 cm³/mol. The zero-order valence-corrected chi connectivity index (χ0v) is 8.66. The molecular weight excluding hydrogens is 172 g/mol. The number of halogens is 1. The van der Waals surface area contributed by atoms with Crippen molar-refractivity contribution in [3.8, 4) is 0 Å². The van der Waals surface area contributed by atoms with E-state index in [1.54, 1.807) is 0 Å². The van der Waals surface area contributed by atoms with Gasteiger partial charge in [-0.15, -0.1) is 11.6 Å². The van der Waals surface area contributed by atoms with Crippen LogP contribution in [0.15, 0.2) is 0 Å². The molecular formula is C10H17ClO. The fourth-order valence-electron chi connectivity index (χ4n) is 3.22. The van der Waals surface area contributed by atoms with Gasteiger partial charge in [-0.2, -0.15) is 0 Å². The summed E-state index contributed by atoms with van der Waals surface area (Å²) in [6.07, 6.45) is 5.15. The molecule has 0 aromatic rings. The molecule has 0 aromatic carbocycles. The van der Waals surface area contributed by atoms with Crippen LogP contribution >= 0.6 is 11.6 Å². The largest absolute Gasteiger partial charge is 0.378 e. The quantitative estimate of drug-likeness (QED) is 0.606. The third-order valence-corrected chi connectivity index (χ3v) is 4.73. The predicted octanol–water partition coefficient (Wildman–Crippen LogP) is 2.82. The third-order valence-electron chi connectivity index (χ3n) is 4.22. The maximum atomic E-state index is 6.07. The monoisotopic (exact) mass is 188 g/mol. The molecule has 0 spiro atoms. The lowest BCUT2D eigenvalue weighted by Gasteiger charge is -2.42. The van der Waals surface area contributed by atoms with Gasteiger partial charge in [0.25, 0.3) is 0 Å². The highest BCUT2D eigenvalue weighted by molar-refractivity contribution is 6.18. The van der Waals surface area contributed by atoms with Gasteiger partial charge in [-0.1, -0.05) is 0 Å². The van der Waals surface area contributed by atoms with Crippen LogP contribution in [-0.2, 0) is 4.74 Å². The van der Waals surface area contributed by atoms with E-state index in [1.165, 1.54) is 25.7 Å². The Bertz CT molecular complexity index is 192. The Morgan fingerprint density at radius 2 is 2.25 bits per heavy atom. The number of methoxy groups -OCH3 is 1. The molecule has 2 aliphatic carbocycles. The number of fused-ring (bicyclic) bond motifs is 2. The zero-order chi connectivity index (χ0) is 8.82. The van der Waals surface area contributed by atoms with E-state index in [2.05, 4.69) is 6.92 Å². The molecule has 2 fully saturated rings. The molecule has 0 aliphatic heterocycles. The number of ether oxygens (including phenoxy) is 1. The minimum atomic E-state index is 0.0671. The van der Waals surface area contributed by atoms with E-state index in [9.17, 15) is 0 Å². The Labute approximate surface area is 79.4 Å². The van der Waals surface area contributed by atoms with Crippen molar-refractivity contribution in [3.05, 3.63) is 0 Å². The van der Waals surface area contributed by atoms with E-state index in [1.807, 2.05) is 7.11 Å². The Hall–Kier alpha value is 0.250. The molecule has 2 heteroatoms. The molecule has 2 bridgehead atoms. The molecule has 2 aliphatic rings. The summed E-state index contributed by atoms with van der Waals surface area (Å²) < 4.78 is 5.64. The lowest BCUT2D eigenvalue weighted by Crippen LogP contribution is -2.44. The topological polar surface area (TPSA) is 9.23 Å². The highest BCUT2D eigenvalue weighted by atomic mass is 35.5. The number of alkyl halides is 1. The number of hydrogen-bond acceptors (Lipinski definition) is 1. The fourth-order valence-corrected chi connectivity index (χ4v) is 3.75. The number of rotatable bonds is 2. The van der Waals surface area contributed by atoms with E-state index in [0.717, 1.165) is 11.8 Å². The molecule has 0 heterocycles. The van der Waals surface area contributed by atoms with E-state index in [0.29, 0.717) is 5.41 Å². The van der Waals surface area contributed by atoms with Gasteiger partial charge in [0, 0.05) is 18.4 Å². The SMILES string of the molecule is COC1(C)CC2CCC1(CCl)C2. The minimum absolute atomic E-state index is 0.0671. The first-order valence-electron chi connectivity index (χ1n) is 4.77. The van der Waals surface area contributed by atoms with E-state index >= 15 is 0 Å². The summed E-state index contributed by atoms with van der Waals surface area (Å²) in [6.45, 7) is 2.23. The summed E-state index contributed by atoms with van der Waals surface area (Å²) in [7, 11) is 1.83. The van der Waals surface area contributed by atoms with Crippen molar-refractivity contribution >= 4 is 11.6 Å². The first-order valence-corrected chi connectivity index (χ1v) is 5.30. The summed E-state index contributed by atoms with van der Waals surface area (Å²) in [5, 5.41) is 0. The van der Waals surface area contributed by atoms with Gasteiger partial charge in [0.15, 0.2) is 0 Å². The van der Waals surface area contributed by atoms with Gasteiger partial charge < -0.3 is 4.74 Å². The van der Waals surface area contributed by atoms with Gasteiger partial charge in [0.05, 0.1) is 5.60 Å². The first-order chi connectivity index (χ1) is 5.66. The van der Waals surface area contributed by atoms with E-state index in [4.69, 9.17) is 16.3 Å². The Morgan fingerprint density at radius 3 is 2.67 bits per heavy atom. The zero-order valence-electron chi connectivity index (χ0n) is 7.90. The molecule has 2 rings (SSSR count). The van der Waals surface area contributed by atoms with Gasteiger partial charge in [0.2, 0.25) is 0 Å². The van der Waals surface area contributed by atoms with Crippen LogP contribution in [0.5, 0.6) is 0 Å². The lowest BCUT2D eigenvalue weighted by molar-refractivity contribution is -0.0806. The van der Waals surface area contributed by atoms with E-state index < -0.39 is 0 Å². The Morgan fingerprint density at radius 1 is 1.50 bits per heavy atom. The fraction of sp³-hybridized carbons (Fsp3) is 1.00. The number of hydrogen-bond donors (Lipinski definition) is 0. The lowest BCUT2D eigenvalue weighted by atomic mass is 9.73. The van der Waals surface area contributed by atoms with Crippen molar-refractivity contribution < 1.29 is 4.74 Å². The second-order valence-corrected chi connectivity index (χ2v) is 4.93. The van der Waals surface area contributed by atoms with Gasteiger partial charge >= 0.3 is 0 Å². The molecule has 70 valence electrons. The van der Waals surface area contributed by atoms with Crippen LogP contribution in [0.1, 0.15) is 32.6 Å². The standard InChI is InChI=1S/C10H17ClO/c1-9(12-2)5-8-3-4-10(9,6-8)7-11/h8H,3-7H2,1-2H3. The molecule has 3 unspecified atom stereocenters. The molecule has 1 nitrogen and oxygen atoms in total. The van der Waals surface area contributed by atoms with Crippen molar-refractivity contribution in [2.75, 3.05) is 13.0 Å². The second-order valence-electron chi connectivity index (χ2n) is 4.66. The van der Waals surface area contributed by atoms with Crippen LogP contribution in [0.3, 0.4) is 0 Å². The summed E-state index contributed by atoms with van der Waals surface area (Å²) in [6, 6.07) is 0. The van der Waals surface area contributed by atoms with Gasteiger partial charge in [-0.25, -0.2) is 0 Å². The maximum Gasteiger partial charge on any atom is 0.0720 e. The molecule has 2 saturated carbocycles. The van der Waals surface area contributed by atoms with Crippen LogP contribution in [0.25, 0.3) is 0 Å². The maximum absolute atomic E-state index is 6.07. The van der Waals surface area contributed by atoms with Crippen LogP contribution in [0, 0.1) is 11.3 Å². The van der Waals surface area contributed by atoms with Gasteiger partial charge in [0.1, 0.15) is 0 Å². The van der Waals surface area contributed by atoms with Crippen LogP contribution < -0.4 is 0 Å².